The van der Waals surface area contributed by atoms with E-state index in [0.29, 0.717) is 0 Å². The van der Waals surface area contributed by atoms with Crippen LogP contribution in [-0.4, -0.2) is 10.5 Å². The van der Waals surface area contributed by atoms with Crippen molar-refractivity contribution in [3.8, 4) is 0 Å². The second kappa shape index (κ2) is 7.68. The van der Waals surface area contributed by atoms with Crippen LogP contribution in [0.5, 0.6) is 0 Å². The minimum absolute atomic E-state index is 0.972. The van der Waals surface area contributed by atoms with Crippen molar-refractivity contribution < 1.29 is 14.5 Å². The Labute approximate surface area is 96.8 Å². The van der Waals surface area contributed by atoms with E-state index in [0.717, 1.165) is 13.5 Å². The molecule has 0 saturated heterocycles. The number of carboxylic acid groups (broad SMARTS) is 1. The number of carbonyl (C=O) groups excluding carboxylic acids is 1. The first kappa shape index (κ1) is 14.4. The number of carboxylic acids is 1. The average Bonchev–Trinajstić information content (AvgIpc) is 2.55. The fourth-order valence-electron chi connectivity index (χ4n) is 1.27. The molecule has 1 aromatic heterocycles. The molecule has 0 saturated carbocycles. The third kappa shape index (κ3) is 5.34. The van der Waals surface area contributed by atoms with Crippen molar-refractivity contribution in [3.63, 3.8) is 0 Å². The number of unbranched alkanes of at least 4 members (excludes halogenated alkanes) is 1. The van der Waals surface area contributed by atoms with Gasteiger partial charge in [0.05, 0.1) is 12.7 Å². The molecule has 0 fully saturated rings. The second-order valence-corrected chi connectivity index (χ2v) is 3.47. The topological polar surface area (TPSA) is 48.9 Å². The Morgan fingerprint density at radius 1 is 1.69 bits per heavy atom. The standard InChI is InChI=1S/C10H17N2.C2H4O2/c1-4-6-7-12-9-8-11(5-2)10(12)3;1-2(3)4/h5,8-9H,2,4,6-7H2,1,3H3;1H3,(H,3,4)/q+1;/p-1. The number of nitrogens with zero attached hydrogens (tertiary/aromatic N) is 2. The summed E-state index contributed by atoms with van der Waals surface area (Å²) in [5.74, 6) is 0.165. The van der Waals surface area contributed by atoms with Gasteiger partial charge in [-0.15, -0.1) is 0 Å². The minimum Gasteiger partial charge on any atom is -0.550 e. The number of aryl methyl sites for hydroxylation is 1. The molecule has 90 valence electrons. The van der Waals surface area contributed by atoms with Crippen molar-refractivity contribution in [2.75, 3.05) is 0 Å². The summed E-state index contributed by atoms with van der Waals surface area (Å²) in [6.45, 7) is 10.1. The maximum atomic E-state index is 8.89. The lowest BCUT2D eigenvalue weighted by molar-refractivity contribution is -0.702. The van der Waals surface area contributed by atoms with Gasteiger partial charge in [-0.3, -0.25) is 0 Å². The van der Waals surface area contributed by atoms with Crippen LogP contribution in [0.3, 0.4) is 0 Å². The van der Waals surface area contributed by atoms with E-state index in [2.05, 4.69) is 31.2 Å². The summed E-state index contributed by atoms with van der Waals surface area (Å²) in [5.41, 5.74) is 0. The van der Waals surface area contributed by atoms with Gasteiger partial charge in [0.25, 0.3) is 5.82 Å². The highest BCUT2D eigenvalue weighted by atomic mass is 16.4. The SMILES string of the molecule is C=Cn1cc[n+](CCCC)c1C.CC(=O)[O-]. The summed E-state index contributed by atoms with van der Waals surface area (Å²) in [4.78, 5) is 8.89. The maximum Gasteiger partial charge on any atom is 0.257 e. The van der Waals surface area contributed by atoms with Crippen LogP contribution in [0, 0.1) is 6.92 Å². The van der Waals surface area contributed by atoms with Crippen molar-refractivity contribution in [3.05, 3.63) is 24.8 Å². The molecule has 0 unspecified atom stereocenters. The number of aromatic nitrogens is 2. The van der Waals surface area contributed by atoms with Gasteiger partial charge in [-0.1, -0.05) is 19.9 Å². The van der Waals surface area contributed by atoms with Gasteiger partial charge in [-0.2, -0.15) is 0 Å². The van der Waals surface area contributed by atoms with Gasteiger partial charge < -0.3 is 9.90 Å². The van der Waals surface area contributed by atoms with Crippen LogP contribution < -0.4 is 9.67 Å². The molecular formula is C12H20N2O2. The molecule has 0 aliphatic carbocycles. The smallest absolute Gasteiger partial charge is 0.257 e. The molecule has 1 aromatic rings. The molecule has 0 N–H and O–H groups in total. The number of aliphatic carboxylic acids is 1. The quantitative estimate of drug-likeness (QED) is 0.708. The molecule has 4 nitrogen and oxygen atoms in total. The lowest BCUT2D eigenvalue weighted by atomic mass is 10.3. The predicted octanol–water partition coefficient (Wildman–Crippen LogP) is 0.741. The third-order valence-electron chi connectivity index (χ3n) is 2.15. The van der Waals surface area contributed by atoms with Crippen LogP contribution in [0.15, 0.2) is 19.0 Å². The third-order valence-corrected chi connectivity index (χ3v) is 2.15. The Balaban J connectivity index is 0.000000487. The fraction of sp³-hybridized carbons (Fsp3) is 0.500. The first-order valence-corrected chi connectivity index (χ1v) is 5.39. The van der Waals surface area contributed by atoms with E-state index in [-0.39, 0.29) is 0 Å². The Morgan fingerprint density at radius 2 is 2.25 bits per heavy atom. The molecule has 0 radical (unpaired) electrons. The lowest BCUT2D eigenvalue weighted by Gasteiger charge is -1.96. The largest absolute Gasteiger partial charge is 0.550 e. The van der Waals surface area contributed by atoms with Gasteiger partial charge in [0, 0.05) is 12.9 Å². The van der Waals surface area contributed by atoms with Gasteiger partial charge in [0.15, 0.2) is 0 Å². The molecule has 1 rings (SSSR count). The Bertz CT molecular complexity index is 339. The van der Waals surface area contributed by atoms with Gasteiger partial charge >= 0.3 is 0 Å². The van der Waals surface area contributed by atoms with Crippen LogP contribution in [-0.2, 0) is 11.3 Å². The van der Waals surface area contributed by atoms with Gasteiger partial charge in [0.1, 0.15) is 12.4 Å². The van der Waals surface area contributed by atoms with E-state index in [1.54, 1.807) is 0 Å². The molecule has 4 heteroatoms. The van der Waals surface area contributed by atoms with Crippen molar-refractivity contribution >= 4 is 12.2 Å². The monoisotopic (exact) mass is 224 g/mol. The molecular weight excluding hydrogens is 204 g/mol. The summed E-state index contributed by atoms with van der Waals surface area (Å²) in [7, 11) is 0. The summed E-state index contributed by atoms with van der Waals surface area (Å²) in [6.07, 6.45) is 8.46. The normalized spacial score (nSPS) is 9.19. The van der Waals surface area contributed by atoms with Gasteiger partial charge in [-0.25, -0.2) is 9.13 Å². The molecule has 1 heterocycles. The number of carbonyl (C=O) groups is 1. The summed E-state index contributed by atoms with van der Waals surface area (Å²) >= 11 is 0. The lowest BCUT2D eigenvalue weighted by Crippen LogP contribution is -2.35. The molecule has 0 aromatic carbocycles. The van der Waals surface area contributed by atoms with Crippen LogP contribution in [0.4, 0.5) is 0 Å². The van der Waals surface area contributed by atoms with Gasteiger partial charge in [0.2, 0.25) is 0 Å². The van der Waals surface area contributed by atoms with Crippen LogP contribution in [0.2, 0.25) is 0 Å². The maximum absolute atomic E-state index is 8.89. The zero-order chi connectivity index (χ0) is 12.6. The van der Waals surface area contributed by atoms with Crippen LogP contribution in [0.25, 0.3) is 6.20 Å². The van der Waals surface area contributed by atoms with E-state index >= 15 is 0 Å². The van der Waals surface area contributed by atoms with Crippen molar-refractivity contribution in [1.82, 2.24) is 4.57 Å². The molecule has 0 aliphatic rings. The van der Waals surface area contributed by atoms with Crippen LogP contribution in [0.1, 0.15) is 32.5 Å². The molecule has 16 heavy (non-hydrogen) atoms. The number of rotatable bonds is 4. The summed E-state index contributed by atoms with van der Waals surface area (Å²) in [6, 6.07) is 0. The highest BCUT2D eigenvalue weighted by molar-refractivity contribution is 5.60. The number of hydrogen-bond donors (Lipinski definition) is 0. The first-order valence-electron chi connectivity index (χ1n) is 5.39. The highest BCUT2D eigenvalue weighted by Crippen LogP contribution is 1.95. The highest BCUT2D eigenvalue weighted by Gasteiger charge is 2.07. The summed E-state index contributed by atoms with van der Waals surface area (Å²) < 4.78 is 4.29. The van der Waals surface area contributed by atoms with Crippen LogP contribution >= 0.6 is 0 Å². The van der Waals surface area contributed by atoms with Gasteiger partial charge in [-0.05, 0) is 13.3 Å². The van der Waals surface area contributed by atoms with E-state index in [9.17, 15) is 0 Å². The first-order chi connectivity index (χ1) is 7.52. The Morgan fingerprint density at radius 3 is 2.62 bits per heavy atom. The Kier molecular flexibility index (Phi) is 6.92. The molecule has 0 atom stereocenters. The van der Waals surface area contributed by atoms with Crippen molar-refractivity contribution in [1.29, 1.82) is 0 Å². The zero-order valence-electron chi connectivity index (χ0n) is 10.3. The Hall–Kier alpha value is -1.58. The van der Waals surface area contributed by atoms with E-state index in [1.807, 2.05) is 17.0 Å². The predicted molar refractivity (Wildman–Crippen MR) is 61.3 cm³/mol. The molecule has 0 spiro atoms. The fourth-order valence-corrected chi connectivity index (χ4v) is 1.27. The molecule has 0 aliphatic heterocycles. The minimum atomic E-state index is -1.08. The van der Waals surface area contributed by atoms with E-state index < -0.39 is 5.97 Å². The second-order valence-electron chi connectivity index (χ2n) is 3.47. The summed E-state index contributed by atoms with van der Waals surface area (Å²) in [5, 5.41) is 8.89. The number of imidazole rings is 1. The number of hydrogen-bond acceptors (Lipinski definition) is 2. The van der Waals surface area contributed by atoms with E-state index in [4.69, 9.17) is 9.90 Å². The van der Waals surface area contributed by atoms with Crippen molar-refractivity contribution in [2.24, 2.45) is 0 Å². The zero-order valence-corrected chi connectivity index (χ0v) is 10.3. The van der Waals surface area contributed by atoms with E-state index in [1.165, 1.54) is 18.7 Å². The average molecular weight is 224 g/mol. The molecule has 0 amide bonds. The van der Waals surface area contributed by atoms with Crippen molar-refractivity contribution in [2.45, 2.75) is 40.2 Å². The molecule has 0 bridgehead atoms.